The van der Waals surface area contributed by atoms with Gasteiger partial charge < -0.3 is 14.2 Å². The summed E-state index contributed by atoms with van der Waals surface area (Å²) in [6.45, 7) is 0. The van der Waals surface area contributed by atoms with Gasteiger partial charge in [0.2, 0.25) is 0 Å². The van der Waals surface area contributed by atoms with Crippen molar-refractivity contribution in [2.24, 2.45) is 0 Å². The second-order valence-electron chi connectivity index (χ2n) is 4.87. The summed E-state index contributed by atoms with van der Waals surface area (Å²) in [5.41, 5.74) is -2.42. The van der Waals surface area contributed by atoms with Gasteiger partial charge in [0.05, 0.1) is 18.2 Å². The van der Waals surface area contributed by atoms with Crippen molar-refractivity contribution in [3.63, 3.8) is 0 Å². The summed E-state index contributed by atoms with van der Waals surface area (Å²) in [6, 6.07) is 0.803. The number of carbonyl (C=O) groups excluding carboxylic acids is 2. The number of hydrogen-bond acceptors (Lipinski definition) is 5. The summed E-state index contributed by atoms with van der Waals surface area (Å²) in [4.78, 5) is 23.4. The average Bonchev–Trinajstić information content (AvgIpc) is 2.65. The van der Waals surface area contributed by atoms with Crippen molar-refractivity contribution >= 4 is 11.9 Å². The Bertz CT molecular complexity index is 901. The van der Waals surface area contributed by atoms with Crippen LogP contribution in [0.4, 0.5) is 43.9 Å². The first-order valence-corrected chi connectivity index (χ1v) is 6.96. The van der Waals surface area contributed by atoms with Crippen molar-refractivity contribution in [2.45, 2.75) is 12.2 Å². The number of ether oxygens (including phenoxy) is 3. The van der Waals surface area contributed by atoms with Crippen LogP contribution in [0.25, 0.3) is 0 Å². The van der Waals surface area contributed by atoms with Gasteiger partial charge in [-0.2, -0.15) is 43.9 Å². The second kappa shape index (κ2) is 9.04. The number of halogens is 10. The highest BCUT2D eigenvalue weighted by Crippen LogP contribution is 2.35. The highest BCUT2D eigenvalue weighted by Gasteiger charge is 2.45. The van der Waals surface area contributed by atoms with Crippen LogP contribution in [-0.4, -0.2) is 31.3 Å². The fourth-order valence-electron chi connectivity index (χ4n) is 1.67. The van der Waals surface area contributed by atoms with Gasteiger partial charge in [0, 0.05) is 0 Å². The molecule has 0 N–H and O–H groups in total. The number of rotatable bonds is 7. The van der Waals surface area contributed by atoms with Gasteiger partial charge in [-0.15, -0.1) is 0 Å². The van der Waals surface area contributed by atoms with E-state index in [0.717, 1.165) is 7.11 Å². The molecule has 0 saturated heterocycles. The Morgan fingerprint density at radius 2 is 1.27 bits per heavy atom. The van der Waals surface area contributed by atoms with Crippen molar-refractivity contribution in [2.75, 3.05) is 7.11 Å². The maximum Gasteiger partial charge on any atom is 0.461 e. The molecule has 0 aliphatic heterocycles. The Labute approximate surface area is 159 Å². The van der Waals surface area contributed by atoms with Gasteiger partial charge in [0.1, 0.15) is 5.75 Å². The molecule has 0 aromatic heterocycles. The lowest BCUT2D eigenvalue weighted by Gasteiger charge is -2.18. The second-order valence-corrected chi connectivity index (χ2v) is 4.87. The van der Waals surface area contributed by atoms with E-state index in [1.165, 1.54) is 0 Å². The molecule has 0 radical (unpaired) electrons. The predicted octanol–water partition coefficient (Wildman–Crippen LogP) is 5.35. The van der Waals surface area contributed by atoms with Gasteiger partial charge in [-0.05, 0) is 18.2 Å². The Hall–Kier alpha value is -3.26. The molecule has 0 spiro atoms. The molecule has 0 saturated carbocycles. The molecule has 1 aromatic carbocycles. The first kappa shape index (κ1) is 24.8. The highest BCUT2D eigenvalue weighted by atomic mass is 19.3. The molecule has 15 heteroatoms. The van der Waals surface area contributed by atoms with Crippen LogP contribution in [-0.2, 0) is 9.47 Å². The van der Waals surface area contributed by atoms with E-state index >= 15 is 0 Å². The van der Waals surface area contributed by atoms with E-state index in [1.54, 1.807) is 0 Å². The molecule has 0 heterocycles. The van der Waals surface area contributed by atoms with E-state index in [1.807, 2.05) is 0 Å². The zero-order valence-electron chi connectivity index (χ0n) is 14.1. The van der Waals surface area contributed by atoms with E-state index < -0.39 is 64.8 Å². The van der Waals surface area contributed by atoms with E-state index in [4.69, 9.17) is 0 Å². The van der Waals surface area contributed by atoms with Crippen LogP contribution < -0.4 is 4.74 Å². The van der Waals surface area contributed by atoms with Gasteiger partial charge >= 0.3 is 36.3 Å². The largest absolute Gasteiger partial charge is 0.465 e. The van der Waals surface area contributed by atoms with Crippen LogP contribution in [0.1, 0.15) is 20.7 Å². The molecule has 0 unspecified atom stereocenters. The molecule has 166 valence electrons. The van der Waals surface area contributed by atoms with Crippen molar-refractivity contribution in [1.29, 1.82) is 0 Å². The monoisotopic (exact) mass is 456 g/mol. The molecule has 0 amide bonds. The lowest BCUT2D eigenvalue weighted by molar-refractivity contribution is -0.185. The van der Waals surface area contributed by atoms with Crippen LogP contribution >= 0.6 is 0 Å². The number of hydrogen-bond donors (Lipinski definition) is 0. The minimum atomic E-state index is -5.55. The number of esters is 2. The van der Waals surface area contributed by atoms with Gasteiger partial charge in [0.25, 0.3) is 11.7 Å². The molecule has 0 bridgehead atoms. The lowest BCUT2D eigenvalue weighted by Crippen LogP contribution is -2.28. The molecule has 30 heavy (non-hydrogen) atoms. The van der Waals surface area contributed by atoms with E-state index in [0.29, 0.717) is 12.1 Å². The normalized spacial score (nSPS) is 11.4. The summed E-state index contributed by atoms with van der Waals surface area (Å²) in [5, 5.41) is 0. The SMILES string of the molecule is COC(=O)c1ccc(OC(F)(F)C(F)=C(F)F)cc1C(=O)OC(F)(F)C(F)=C(F)F. The lowest BCUT2D eigenvalue weighted by atomic mass is 10.1. The van der Waals surface area contributed by atoms with E-state index in [2.05, 4.69) is 14.2 Å². The van der Waals surface area contributed by atoms with Crippen LogP contribution in [0.5, 0.6) is 5.75 Å². The van der Waals surface area contributed by atoms with Gasteiger partial charge in [-0.1, -0.05) is 0 Å². The smallest absolute Gasteiger partial charge is 0.461 e. The zero-order valence-corrected chi connectivity index (χ0v) is 14.1. The van der Waals surface area contributed by atoms with E-state index in [-0.39, 0.29) is 6.07 Å². The Morgan fingerprint density at radius 1 is 0.767 bits per heavy atom. The van der Waals surface area contributed by atoms with Crippen LogP contribution in [0.3, 0.4) is 0 Å². The van der Waals surface area contributed by atoms with E-state index in [9.17, 15) is 53.5 Å². The molecule has 1 rings (SSSR count). The van der Waals surface area contributed by atoms with Crippen molar-refractivity contribution in [3.05, 3.63) is 53.1 Å². The average molecular weight is 456 g/mol. The predicted molar refractivity (Wildman–Crippen MR) is 74.4 cm³/mol. The van der Waals surface area contributed by atoms with Crippen molar-refractivity contribution < 1.29 is 67.7 Å². The fraction of sp³-hybridized carbons (Fsp3) is 0.200. The first-order valence-electron chi connectivity index (χ1n) is 6.96. The van der Waals surface area contributed by atoms with Crippen LogP contribution in [0.2, 0.25) is 0 Å². The maximum atomic E-state index is 13.3. The molecule has 5 nitrogen and oxygen atoms in total. The standard InChI is InChI=1S/C15H6F10O5/c1-28-12(26)6-3-2-5(29-14(22,23)8(16)10(18)19)4-7(6)13(27)30-15(24,25)9(17)11(20)21/h2-4H,1H3. The quantitative estimate of drug-likeness (QED) is 0.409. The van der Waals surface area contributed by atoms with Crippen LogP contribution in [0.15, 0.2) is 42.0 Å². The highest BCUT2D eigenvalue weighted by molar-refractivity contribution is 6.03. The molecule has 0 atom stereocenters. The third-order valence-corrected chi connectivity index (χ3v) is 2.93. The Balaban J connectivity index is 3.43. The summed E-state index contributed by atoms with van der Waals surface area (Å²) in [6.07, 6.45) is -17.9. The minimum Gasteiger partial charge on any atom is -0.465 e. The third-order valence-electron chi connectivity index (χ3n) is 2.93. The maximum absolute atomic E-state index is 13.3. The number of alkyl halides is 4. The van der Waals surface area contributed by atoms with Crippen molar-refractivity contribution in [3.8, 4) is 5.75 Å². The molecule has 1 aromatic rings. The topological polar surface area (TPSA) is 61.8 Å². The van der Waals surface area contributed by atoms with Gasteiger partial charge in [-0.25, -0.2) is 9.59 Å². The molecule has 0 aliphatic rings. The Morgan fingerprint density at radius 3 is 1.73 bits per heavy atom. The summed E-state index contributed by atoms with van der Waals surface area (Å²) in [5.74, 6) is -12.0. The molecular formula is C15H6F10O5. The minimum absolute atomic E-state index is 0.00934. The van der Waals surface area contributed by atoms with Crippen molar-refractivity contribution in [1.82, 2.24) is 0 Å². The van der Waals surface area contributed by atoms with Gasteiger partial charge in [-0.3, -0.25) is 0 Å². The molecule has 0 fully saturated rings. The molecule has 0 aliphatic carbocycles. The zero-order chi connectivity index (χ0) is 23.4. The summed E-state index contributed by atoms with van der Waals surface area (Å²) < 4.78 is 137. The molecular weight excluding hydrogens is 450 g/mol. The van der Waals surface area contributed by atoms with Gasteiger partial charge in [0.15, 0.2) is 0 Å². The number of benzene rings is 1. The van der Waals surface area contributed by atoms with Crippen LogP contribution in [0, 0.1) is 0 Å². The summed E-state index contributed by atoms with van der Waals surface area (Å²) >= 11 is 0. The first-order chi connectivity index (χ1) is 13.6. The third kappa shape index (κ3) is 5.64. The fourth-order valence-corrected chi connectivity index (χ4v) is 1.67. The summed E-state index contributed by atoms with van der Waals surface area (Å²) in [7, 11) is 0.718. The number of carbonyl (C=O) groups is 2. The Kier molecular flexibility index (Phi) is 7.47. The number of methoxy groups -OCH3 is 1.